The zero-order valence-electron chi connectivity index (χ0n) is 10.4. The molecule has 0 spiro atoms. The fraction of sp³-hybridized carbons (Fsp3) is 0.308. The average Bonchev–Trinajstić information content (AvgIpc) is 2.70. The van der Waals surface area contributed by atoms with Gasteiger partial charge in [-0.2, -0.15) is 0 Å². The van der Waals surface area contributed by atoms with Gasteiger partial charge in [0.2, 0.25) is 0 Å². The standard InChI is InChI=1S/C13H15ClN2O2/c1-8-13(18-12(16-8)5-6-15)10-7-9(14)3-4-11(10)17-2/h3-4,7H,5-6,15H2,1-2H3. The molecule has 0 fully saturated rings. The molecule has 0 bridgehead atoms. The van der Waals surface area contributed by atoms with Gasteiger partial charge in [0.25, 0.3) is 0 Å². The number of halogens is 1. The summed E-state index contributed by atoms with van der Waals surface area (Å²) < 4.78 is 11.0. The summed E-state index contributed by atoms with van der Waals surface area (Å²) in [6.07, 6.45) is 0.615. The number of rotatable bonds is 4. The lowest BCUT2D eigenvalue weighted by Gasteiger charge is -2.06. The molecule has 4 nitrogen and oxygen atoms in total. The Bertz CT molecular complexity index is 552. The van der Waals surface area contributed by atoms with E-state index in [1.807, 2.05) is 13.0 Å². The molecule has 18 heavy (non-hydrogen) atoms. The van der Waals surface area contributed by atoms with Gasteiger partial charge in [0, 0.05) is 18.0 Å². The first-order chi connectivity index (χ1) is 8.65. The summed E-state index contributed by atoms with van der Waals surface area (Å²) >= 11 is 6.01. The number of ether oxygens (including phenoxy) is 1. The van der Waals surface area contributed by atoms with Crippen molar-refractivity contribution in [1.29, 1.82) is 0 Å². The Morgan fingerprint density at radius 3 is 2.89 bits per heavy atom. The minimum atomic E-state index is 0.506. The molecule has 96 valence electrons. The number of nitrogens with zero attached hydrogens (tertiary/aromatic N) is 1. The Hall–Kier alpha value is -1.52. The summed E-state index contributed by atoms with van der Waals surface area (Å²) in [5.41, 5.74) is 7.10. The summed E-state index contributed by atoms with van der Waals surface area (Å²) in [5, 5.41) is 0.627. The lowest BCUT2D eigenvalue weighted by Crippen LogP contribution is -2.02. The summed E-state index contributed by atoms with van der Waals surface area (Å²) in [4.78, 5) is 4.34. The molecule has 2 aromatic rings. The van der Waals surface area contributed by atoms with Crippen LogP contribution in [-0.4, -0.2) is 18.6 Å². The molecule has 0 saturated heterocycles. The fourth-order valence-electron chi connectivity index (χ4n) is 1.79. The molecule has 0 aliphatic rings. The van der Waals surface area contributed by atoms with E-state index < -0.39 is 0 Å². The van der Waals surface area contributed by atoms with Gasteiger partial charge < -0.3 is 14.9 Å². The van der Waals surface area contributed by atoms with E-state index in [2.05, 4.69) is 4.98 Å². The monoisotopic (exact) mass is 266 g/mol. The number of hydrogen-bond donors (Lipinski definition) is 1. The molecule has 0 saturated carbocycles. The van der Waals surface area contributed by atoms with Crippen LogP contribution in [0.3, 0.4) is 0 Å². The number of hydrogen-bond acceptors (Lipinski definition) is 4. The van der Waals surface area contributed by atoms with Gasteiger partial charge >= 0.3 is 0 Å². The third kappa shape index (κ3) is 2.49. The molecule has 1 aromatic heterocycles. The topological polar surface area (TPSA) is 61.3 Å². The number of benzene rings is 1. The molecule has 0 amide bonds. The zero-order valence-corrected chi connectivity index (χ0v) is 11.1. The smallest absolute Gasteiger partial charge is 0.196 e. The Morgan fingerprint density at radius 2 is 2.22 bits per heavy atom. The molecule has 0 aliphatic heterocycles. The van der Waals surface area contributed by atoms with Crippen LogP contribution in [0.4, 0.5) is 0 Å². The average molecular weight is 267 g/mol. The maximum Gasteiger partial charge on any atom is 0.196 e. The van der Waals surface area contributed by atoms with Crippen LogP contribution in [0, 0.1) is 6.92 Å². The van der Waals surface area contributed by atoms with Crippen LogP contribution in [0.2, 0.25) is 5.02 Å². The first-order valence-corrected chi connectivity index (χ1v) is 6.03. The van der Waals surface area contributed by atoms with Crippen molar-refractivity contribution in [1.82, 2.24) is 4.98 Å². The van der Waals surface area contributed by atoms with Crippen LogP contribution in [0.15, 0.2) is 22.6 Å². The van der Waals surface area contributed by atoms with E-state index in [-0.39, 0.29) is 0 Å². The van der Waals surface area contributed by atoms with Gasteiger partial charge in [0.15, 0.2) is 11.7 Å². The van der Waals surface area contributed by atoms with Crippen molar-refractivity contribution in [3.63, 3.8) is 0 Å². The van der Waals surface area contributed by atoms with Crippen molar-refractivity contribution in [2.24, 2.45) is 5.73 Å². The van der Waals surface area contributed by atoms with E-state index in [0.29, 0.717) is 35.4 Å². The number of aryl methyl sites for hydroxylation is 1. The van der Waals surface area contributed by atoms with Gasteiger partial charge in [-0.3, -0.25) is 0 Å². The minimum Gasteiger partial charge on any atom is -0.496 e. The van der Waals surface area contributed by atoms with Gasteiger partial charge in [-0.05, 0) is 25.1 Å². The number of aromatic nitrogens is 1. The van der Waals surface area contributed by atoms with E-state index in [0.717, 1.165) is 11.3 Å². The predicted molar refractivity (Wildman–Crippen MR) is 71.0 cm³/mol. The van der Waals surface area contributed by atoms with Gasteiger partial charge in [-0.15, -0.1) is 0 Å². The van der Waals surface area contributed by atoms with Crippen LogP contribution >= 0.6 is 11.6 Å². The second-order valence-electron chi connectivity index (χ2n) is 3.91. The molecule has 0 radical (unpaired) electrons. The molecule has 1 heterocycles. The Kier molecular flexibility index (Phi) is 3.89. The lowest BCUT2D eigenvalue weighted by molar-refractivity contribution is 0.413. The molecule has 1 aromatic carbocycles. The van der Waals surface area contributed by atoms with Gasteiger partial charge in [0.05, 0.1) is 18.4 Å². The highest BCUT2D eigenvalue weighted by atomic mass is 35.5. The van der Waals surface area contributed by atoms with E-state index >= 15 is 0 Å². The first kappa shape index (κ1) is 12.9. The van der Waals surface area contributed by atoms with Crippen molar-refractivity contribution in [3.8, 4) is 17.1 Å². The summed E-state index contributed by atoms with van der Waals surface area (Å²) in [6, 6.07) is 5.39. The van der Waals surface area contributed by atoms with Gasteiger partial charge in [0.1, 0.15) is 5.75 Å². The van der Waals surface area contributed by atoms with Gasteiger partial charge in [-0.25, -0.2) is 4.98 Å². The first-order valence-electron chi connectivity index (χ1n) is 5.66. The number of nitrogens with two attached hydrogens (primary N) is 1. The van der Waals surface area contributed by atoms with Gasteiger partial charge in [-0.1, -0.05) is 11.6 Å². The minimum absolute atomic E-state index is 0.506. The predicted octanol–water partition coefficient (Wildman–Crippen LogP) is 2.81. The summed E-state index contributed by atoms with van der Waals surface area (Å²) in [7, 11) is 1.61. The molecule has 2 rings (SSSR count). The van der Waals surface area contributed by atoms with Crippen LogP contribution in [-0.2, 0) is 6.42 Å². The third-order valence-corrected chi connectivity index (χ3v) is 2.84. The van der Waals surface area contributed by atoms with Crippen LogP contribution in [0.1, 0.15) is 11.6 Å². The lowest BCUT2D eigenvalue weighted by atomic mass is 10.1. The molecular formula is C13H15ClN2O2. The van der Waals surface area contributed by atoms with E-state index in [9.17, 15) is 0 Å². The summed E-state index contributed by atoms with van der Waals surface area (Å²) in [6.45, 7) is 2.39. The SMILES string of the molecule is COc1ccc(Cl)cc1-c1oc(CCN)nc1C. The third-order valence-electron chi connectivity index (χ3n) is 2.61. The normalized spacial score (nSPS) is 10.7. The Morgan fingerprint density at radius 1 is 1.44 bits per heavy atom. The number of methoxy groups -OCH3 is 1. The highest BCUT2D eigenvalue weighted by Crippen LogP contribution is 2.34. The van der Waals surface area contributed by atoms with Crippen LogP contribution in [0.25, 0.3) is 11.3 Å². The maximum atomic E-state index is 6.01. The van der Waals surface area contributed by atoms with Crippen molar-refractivity contribution >= 4 is 11.6 Å². The Labute approximate surface area is 111 Å². The molecule has 5 heteroatoms. The van der Waals surface area contributed by atoms with Crippen LogP contribution in [0.5, 0.6) is 5.75 Å². The second kappa shape index (κ2) is 5.42. The maximum absolute atomic E-state index is 6.01. The van der Waals surface area contributed by atoms with E-state index in [1.54, 1.807) is 19.2 Å². The highest BCUT2D eigenvalue weighted by Gasteiger charge is 2.15. The fourth-order valence-corrected chi connectivity index (χ4v) is 1.96. The van der Waals surface area contributed by atoms with E-state index in [1.165, 1.54) is 0 Å². The quantitative estimate of drug-likeness (QED) is 0.924. The molecule has 0 aliphatic carbocycles. The Balaban J connectivity index is 2.50. The highest BCUT2D eigenvalue weighted by molar-refractivity contribution is 6.30. The van der Waals surface area contributed by atoms with Crippen molar-refractivity contribution in [3.05, 3.63) is 34.8 Å². The molecule has 0 atom stereocenters. The van der Waals surface area contributed by atoms with Crippen molar-refractivity contribution in [2.45, 2.75) is 13.3 Å². The number of oxazole rings is 1. The largest absolute Gasteiger partial charge is 0.496 e. The van der Waals surface area contributed by atoms with Crippen molar-refractivity contribution < 1.29 is 9.15 Å². The second-order valence-corrected chi connectivity index (χ2v) is 4.34. The van der Waals surface area contributed by atoms with Crippen LogP contribution < -0.4 is 10.5 Å². The zero-order chi connectivity index (χ0) is 13.1. The molecule has 2 N–H and O–H groups in total. The van der Waals surface area contributed by atoms with E-state index in [4.69, 9.17) is 26.5 Å². The molecular weight excluding hydrogens is 252 g/mol. The summed E-state index contributed by atoms with van der Waals surface area (Å²) in [5.74, 6) is 2.02. The van der Waals surface area contributed by atoms with Crippen molar-refractivity contribution in [2.75, 3.05) is 13.7 Å². The molecule has 0 unspecified atom stereocenters.